The molecule has 61 heavy (non-hydrogen) atoms. The number of thiophene rings is 1. The molecule has 12 aromatic rings. The number of rotatable bonds is 7. The van der Waals surface area contributed by atoms with Gasteiger partial charge in [0.05, 0.1) is 11.0 Å². The van der Waals surface area contributed by atoms with Gasteiger partial charge < -0.3 is 9.47 Å². The van der Waals surface area contributed by atoms with Gasteiger partial charge in [-0.2, -0.15) is 0 Å². The van der Waals surface area contributed by atoms with Crippen LogP contribution in [-0.4, -0.2) is 4.57 Å². The summed E-state index contributed by atoms with van der Waals surface area (Å²) in [6.07, 6.45) is 0. The van der Waals surface area contributed by atoms with Gasteiger partial charge in [0.2, 0.25) is 0 Å². The molecule has 10 aromatic carbocycles. The lowest BCUT2D eigenvalue weighted by Gasteiger charge is -2.26. The smallest absolute Gasteiger partial charge is 0.0541 e. The molecule has 0 atom stereocenters. The van der Waals surface area contributed by atoms with Crippen molar-refractivity contribution in [2.75, 3.05) is 4.90 Å². The molecule has 0 radical (unpaired) electrons. The molecular weight excluding hydrogens is 757 g/mol. The van der Waals surface area contributed by atoms with Crippen LogP contribution in [0.4, 0.5) is 17.1 Å². The van der Waals surface area contributed by atoms with E-state index in [9.17, 15) is 0 Å². The maximum absolute atomic E-state index is 2.38. The highest BCUT2D eigenvalue weighted by atomic mass is 32.1. The molecule has 2 aromatic heterocycles. The average Bonchev–Trinajstić information content (AvgIpc) is 3.88. The quantitative estimate of drug-likeness (QED) is 0.156. The SMILES string of the molecule is c1ccc2cc(-c3ccc(-c4ccc(N(c5ccc(-c6ccc7c(c6)sc6ccccc67)cc5)c5ccc(-n6c7ccccc7c7ccccc76)cc5)cc4)cc3)ccc2c1. The molecule has 2 nitrogen and oxygen atoms in total. The first-order valence-corrected chi connectivity index (χ1v) is 21.6. The molecule has 0 amide bonds. The van der Waals surface area contributed by atoms with Gasteiger partial charge in [-0.1, -0.05) is 152 Å². The first-order valence-electron chi connectivity index (χ1n) is 20.8. The van der Waals surface area contributed by atoms with Crippen molar-refractivity contribution in [3.63, 3.8) is 0 Å². The summed E-state index contributed by atoms with van der Waals surface area (Å²) >= 11 is 1.86. The molecule has 0 aliphatic carbocycles. The van der Waals surface area contributed by atoms with Crippen LogP contribution in [0.2, 0.25) is 0 Å². The molecule has 0 aliphatic heterocycles. The fourth-order valence-corrected chi connectivity index (χ4v) is 10.3. The van der Waals surface area contributed by atoms with Gasteiger partial charge in [0.1, 0.15) is 0 Å². The van der Waals surface area contributed by atoms with E-state index in [0.717, 1.165) is 22.7 Å². The first-order chi connectivity index (χ1) is 30.2. The zero-order valence-electron chi connectivity index (χ0n) is 33.2. The van der Waals surface area contributed by atoms with E-state index in [1.165, 1.54) is 86.1 Å². The molecule has 12 rings (SSSR count). The fraction of sp³-hybridized carbons (Fsp3) is 0. The lowest BCUT2D eigenvalue weighted by atomic mass is 9.98. The van der Waals surface area contributed by atoms with Gasteiger partial charge in [-0.05, 0) is 123 Å². The van der Waals surface area contributed by atoms with Gasteiger partial charge in [0, 0.05) is 53.7 Å². The minimum absolute atomic E-state index is 1.09. The number of hydrogen-bond acceptors (Lipinski definition) is 2. The standard InChI is InChI=1S/C58H38N2S/c1-2-10-44-37-45(22-21-39(44)9-1)42-19-17-40(18-20-42)41-23-28-47(29-24-41)59(48-30-25-43(26-31-48)46-27-36-54-53-13-5-8-16-57(53)61-58(54)38-46)49-32-34-50(35-33-49)60-55-14-6-3-11-51(55)52-12-4-7-15-56(52)60/h1-38H. The van der Waals surface area contributed by atoms with Crippen LogP contribution in [0.15, 0.2) is 231 Å². The Morgan fingerprint density at radius 1 is 0.295 bits per heavy atom. The Morgan fingerprint density at radius 2 is 0.721 bits per heavy atom. The number of para-hydroxylation sites is 2. The Kier molecular flexibility index (Phi) is 8.39. The highest BCUT2D eigenvalue weighted by molar-refractivity contribution is 7.25. The van der Waals surface area contributed by atoms with Crippen LogP contribution < -0.4 is 4.90 Å². The van der Waals surface area contributed by atoms with Gasteiger partial charge in [0.25, 0.3) is 0 Å². The summed E-state index contributed by atoms with van der Waals surface area (Å²) in [4.78, 5) is 2.36. The van der Waals surface area contributed by atoms with E-state index in [1.54, 1.807) is 0 Å². The third-order valence-corrected chi connectivity index (χ3v) is 13.3. The van der Waals surface area contributed by atoms with Crippen LogP contribution in [0.25, 0.3) is 91.8 Å². The number of benzene rings is 10. The molecule has 3 heteroatoms. The van der Waals surface area contributed by atoms with E-state index in [-0.39, 0.29) is 0 Å². The predicted molar refractivity (Wildman–Crippen MR) is 262 cm³/mol. The second kappa shape index (κ2) is 14.5. The van der Waals surface area contributed by atoms with Crippen molar-refractivity contribution < 1.29 is 0 Å². The van der Waals surface area contributed by atoms with Gasteiger partial charge in [0.15, 0.2) is 0 Å². The monoisotopic (exact) mass is 794 g/mol. The average molecular weight is 795 g/mol. The Balaban J connectivity index is 0.902. The van der Waals surface area contributed by atoms with Gasteiger partial charge in [-0.15, -0.1) is 11.3 Å². The first kappa shape index (κ1) is 35.2. The minimum atomic E-state index is 1.09. The number of hydrogen-bond donors (Lipinski definition) is 0. The van der Waals surface area contributed by atoms with E-state index in [0.29, 0.717) is 0 Å². The van der Waals surface area contributed by atoms with Crippen LogP contribution in [0.3, 0.4) is 0 Å². The molecule has 2 heterocycles. The third kappa shape index (κ3) is 6.18. The Morgan fingerprint density at radius 3 is 1.34 bits per heavy atom. The lowest BCUT2D eigenvalue weighted by molar-refractivity contribution is 1.17. The maximum Gasteiger partial charge on any atom is 0.0541 e. The summed E-state index contributed by atoms with van der Waals surface area (Å²) in [5.74, 6) is 0. The molecule has 0 saturated heterocycles. The predicted octanol–water partition coefficient (Wildman–Crippen LogP) is 16.8. The van der Waals surface area contributed by atoms with Crippen molar-refractivity contribution in [2.45, 2.75) is 0 Å². The summed E-state index contributed by atoms with van der Waals surface area (Å²) in [5.41, 5.74) is 14.1. The van der Waals surface area contributed by atoms with Crippen molar-refractivity contribution in [3.8, 4) is 39.1 Å². The van der Waals surface area contributed by atoms with E-state index in [1.807, 2.05) is 11.3 Å². The van der Waals surface area contributed by atoms with Crippen LogP contribution in [-0.2, 0) is 0 Å². The Labute approximate surface area is 358 Å². The molecule has 0 spiro atoms. The van der Waals surface area contributed by atoms with E-state index in [2.05, 4.69) is 240 Å². The zero-order chi connectivity index (χ0) is 40.3. The summed E-state index contributed by atoms with van der Waals surface area (Å²) in [6, 6.07) is 84.1. The number of nitrogens with zero attached hydrogens (tertiary/aromatic N) is 2. The topological polar surface area (TPSA) is 8.17 Å². The van der Waals surface area contributed by atoms with Crippen LogP contribution in [0, 0.1) is 0 Å². The molecule has 0 aliphatic rings. The second-order valence-electron chi connectivity index (χ2n) is 15.8. The van der Waals surface area contributed by atoms with E-state index < -0.39 is 0 Å². The Hall–Kier alpha value is -7.72. The van der Waals surface area contributed by atoms with Gasteiger partial charge in [-0.25, -0.2) is 0 Å². The highest BCUT2D eigenvalue weighted by Gasteiger charge is 2.16. The molecule has 0 saturated carbocycles. The number of anilines is 3. The van der Waals surface area contributed by atoms with Crippen molar-refractivity contribution in [3.05, 3.63) is 231 Å². The summed E-state index contributed by atoms with van der Waals surface area (Å²) < 4.78 is 5.02. The van der Waals surface area contributed by atoms with Gasteiger partial charge >= 0.3 is 0 Å². The highest BCUT2D eigenvalue weighted by Crippen LogP contribution is 2.40. The molecule has 286 valence electrons. The van der Waals surface area contributed by atoms with Gasteiger partial charge in [-0.3, -0.25) is 0 Å². The van der Waals surface area contributed by atoms with Crippen LogP contribution >= 0.6 is 11.3 Å². The largest absolute Gasteiger partial charge is 0.311 e. The van der Waals surface area contributed by atoms with Crippen molar-refractivity contribution in [2.24, 2.45) is 0 Å². The summed E-state index contributed by atoms with van der Waals surface area (Å²) in [5, 5.41) is 7.69. The summed E-state index contributed by atoms with van der Waals surface area (Å²) in [6.45, 7) is 0. The number of aromatic nitrogens is 1. The molecule has 0 unspecified atom stereocenters. The van der Waals surface area contributed by atoms with Crippen molar-refractivity contribution >= 4 is 81.1 Å². The molecule has 0 fully saturated rings. The zero-order valence-corrected chi connectivity index (χ0v) is 34.1. The maximum atomic E-state index is 2.38. The second-order valence-corrected chi connectivity index (χ2v) is 16.8. The summed E-state index contributed by atoms with van der Waals surface area (Å²) in [7, 11) is 0. The number of fused-ring (bicyclic) bond motifs is 7. The van der Waals surface area contributed by atoms with E-state index >= 15 is 0 Å². The van der Waals surface area contributed by atoms with Crippen molar-refractivity contribution in [1.29, 1.82) is 0 Å². The normalized spacial score (nSPS) is 11.6. The molecule has 0 bridgehead atoms. The lowest BCUT2D eigenvalue weighted by Crippen LogP contribution is -2.10. The third-order valence-electron chi connectivity index (χ3n) is 12.2. The van der Waals surface area contributed by atoms with Crippen LogP contribution in [0.5, 0.6) is 0 Å². The molecule has 0 N–H and O–H groups in total. The van der Waals surface area contributed by atoms with E-state index in [4.69, 9.17) is 0 Å². The Bertz CT molecular complexity index is 3500. The van der Waals surface area contributed by atoms with Crippen molar-refractivity contribution in [1.82, 2.24) is 4.57 Å². The fourth-order valence-electron chi connectivity index (χ4n) is 9.13. The minimum Gasteiger partial charge on any atom is -0.311 e. The van der Waals surface area contributed by atoms with Crippen LogP contribution in [0.1, 0.15) is 0 Å². The molecular formula is C58H38N2S.